The minimum absolute atomic E-state index is 0.0530. The van der Waals surface area contributed by atoms with Crippen molar-refractivity contribution < 1.29 is 19.4 Å². The Bertz CT molecular complexity index is 577. The largest absolute Gasteiger partial charge is 0.466 e. The molecular formula is C32H60O4S. The molecule has 0 bridgehead atoms. The summed E-state index contributed by atoms with van der Waals surface area (Å²) in [6.07, 6.45) is 24.2. The van der Waals surface area contributed by atoms with Crippen molar-refractivity contribution in [2.75, 3.05) is 12.4 Å². The number of esters is 1. The van der Waals surface area contributed by atoms with Gasteiger partial charge in [0, 0.05) is 29.8 Å². The van der Waals surface area contributed by atoms with Gasteiger partial charge in [0.2, 0.25) is 0 Å². The van der Waals surface area contributed by atoms with Crippen LogP contribution in [0.1, 0.15) is 162 Å². The molecule has 0 aromatic carbocycles. The fraction of sp³-hybridized carbons (Fsp3) is 0.938. The second kappa shape index (κ2) is 22.3. The Morgan fingerprint density at radius 2 is 1.43 bits per heavy atom. The van der Waals surface area contributed by atoms with E-state index in [0.29, 0.717) is 30.5 Å². The highest BCUT2D eigenvalue weighted by atomic mass is 32.2. The molecule has 0 aromatic rings. The van der Waals surface area contributed by atoms with E-state index < -0.39 is 5.60 Å². The average molecular weight is 541 g/mol. The molecule has 3 atom stereocenters. The van der Waals surface area contributed by atoms with Crippen LogP contribution in [0.4, 0.5) is 0 Å². The molecule has 0 saturated heterocycles. The van der Waals surface area contributed by atoms with Crippen LogP contribution in [0.5, 0.6) is 0 Å². The minimum atomic E-state index is -0.629. The van der Waals surface area contributed by atoms with Crippen LogP contribution in [0.15, 0.2) is 0 Å². The normalized spacial score (nSPS) is 19.3. The van der Waals surface area contributed by atoms with Gasteiger partial charge in [-0.05, 0) is 39.0 Å². The van der Waals surface area contributed by atoms with E-state index >= 15 is 0 Å². The average Bonchev–Trinajstić information content (AvgIpc) is 3.22. The molecular weight excluding hydrogens is 480 g/mol. The highest BCUT2D eigenvalue weighted by Gasteiger charge is 2.35. The van der Waals surface area contributed by atoms with Crippen molar-refractivity contribution in [1.82, 2.24) is 0 Å². The number of unbranched alkanes of at least 4 members (excludes halogenated alkanes) is 14. The molecule has 0 amide bonds. The molecule has 0 aliphatic heterocycles. The summed E-state index contributed by atoms with van der Waals surface area (Å²) in [5.41, 5.74) is -0.629. The quantitative estimate of drug-likeness (QED) is 0.0923. The summed E-state index contributed by atoms with van der Waals surface area (Å²) in [5.74, 6) is 1.25. The Balaban J connectivity index is 2.06. The summed E-state index contributed by atoms with van der Waals surface area (Å²) in [7, 11) is 0. The van der Waals surface area contributed by atoms with Gasteiger partial charge in [-0.15, -0.1) is 0 Å². The SMILES string of the molecule is CCCCCCCCCCOC(=O)CCCCCCC1C(=O)CCC1SCC(C)(O)CCCCCCC. The topological polar surface area (TPSA) is 63.6 Å². The molecule has 3 unspecified atom stereocenters. The van der Waals surface area contributed by atoms with E-state index in [1.807, 2.05) is 18.7 Å². The van der Waals surface area contributed by atoms with E-state index in [1.54, 1.807) is 0 Å². The van der Waals surface area contributed by atoms with Gasteiger partial charge in [0.25, 0.3) is 0 Å². The summed E-state index contributed by atoms with van der Waals surface area (Å²) in [6, 6.07) is 0. The molecule has 37 heavy (non-hydrogen) atoms. The molecule has 1 saturated carbocycles. The number of Topliss-reactive ketones (excluding diaryl/α,β-unsaturated/α-hetero) is 1. The van der Waals surface area contributed by atoms with Crippen molar-refractivity contribution in [3.05, 3.63) is 0 Å². The highest BCUT2D eigenvalue weighted by Crippen LogP contribution is 2.38. The van der Waals surface area contributed by atoms with Crippen molar-refractivity contribution in [3.63, 3.8) is 0 Å². The molecule has 1 rings (SSSR count). The summed E-state index contributed by atoms with van der Waals surface area (Å²) in [6.45, 7) is 7.00. The maximum absolute atomic E-state index is 12.5. The minimum Gasteiger partial charge on any atom is -0.466 e. The predicted octanol–water partition coefficient (Wildman–Crippen LogP) is 9.20. The zero-order valence-corrected chi connectivity index (χ0v) is 25.5. The first kappa shape index (κ1) is 34.5. The number of rotatable bonds is 25. The number of carbonyl (C=O) groups is 2. The number of carbonyl (C=O) groups excluding carboxylic acids is 2. The van der Waals surface area contributed by atoms with E-state index in [9.17, 15) is 14.7 Å². The zero-order chi connectivity index (χ0) is 27.2. The van der Waals surface area contributed by atoms with Crippen molar-refractivity contribution in [3.8, 4) is 0 Å². The Hall–Kier alpha value is -0.550. The van der Waals surface area contributed by atoms with Gasteiger partial charge in [0.1, 0.15) is 5.78 Å². The lowest BCUT2D eigenvalue weighted by molar-refractivity contribution is -0.143. The molecule has 0 aromatic heterocycles. The Morgan fingerprint density at radius 3 is 2.11 bits per heavy atom. The van der Waals surface area contributed by atoms with Crippen LogP contribution in [-0.4, -0.2) is 40.1 Å². The van der Waals surface area contributed by atoms with Gasteiger partial charge in [-0.3, -0.25) is 9.59 Å². The fourth-order valence-electron chi connectivity index (χ4n) is 5.37. The maximum Gasteiger partial charge on any atom is 0.305 e. The van der Waals surface area contributed by atoms with Gasteiger partial charge in [0.05, 0.1) is 12.2 Å². The molecule has 1 fully saturated rings. The predicted molar refractivity (Wildman–Crippen MR) is 159 cm³/mol. The lowest BCUT2D eigenvalue weighted by atomic mass is 9.98. The number of aliphatic hydroxyl groups is 1. The third-order valence-corrected chi connectivity index (χ3v) is 9.65. The monoisotopic (exact) mass is 540 g/mol. The van der Waals surface area contributed by atoms with E-state index in [1.165, 1.54) is 64.2 Å². The second-order valence-corrected chi connectivity index (χ2v) is 13.0. The zero-order valence-electron chi connectivity index (χ0n) is 24.7. The van der Waals surface area contributed by atoms with Crippen LogP contribution in [-0.2, 0) is 14.3 Å². The summed E-state index contributed by atoms with van der Waals surface area (Å²) < 4.78 is 5.39. The third-order valence-electron chi connectivity index (χ3n) is 7.87. The Labute approximate surface area is 233 Å². The molecule has 0 spiro atoms. The fourth-order valence-corrected chi connectivity index (χ4v) is 6.90. The summed E-state index contributed by atoms with van der Waals surface area (Å²) >= 11 is 1.83. The van der Waals surface area contributed by atoms with Crippen LogP contribution >= 0.6 is 11.8 Å². The molecule has 1 N–H and O–H groups in total. The molecule has 5 heteroatoms. The second-order valence-electron chi connectivity index (χ2n) is 11.8. The lowest BCUT2D eigenvalue weighted by Crippen LogP contribution is -2.29. The lowest BCUT2D eigenvalue weighted by Gasteiger charge is -2.26. The van der Waals surface area contributed by atoms with Crippen LogP contribution in [0.25, 0.3) is 0 Å². The Morgan fingerprint density at radius 1 is 0.865 bits per heavy atom. The Kier molecular flexibility index (Phi) is 20.8. The van der Waals surface area contributed by atoms with Crippen LogP contribution in [0, 0.1) is 5.92 Å². The van der Waals surface area contributed by atoms with E-state index in [-0.39, 0.29) is 11.9 Å². The van der Waals surface area contributed by atoms with E-state index in [2.05, 4.69) is 13.8 Å². The molecule has 0 heterocycles. The van der Waals surface area contributed by atoms with Crippen molar-refractivity contribution >= 4 is 23.5 Å². The van der Waals surface area contributed by atoms with Gasteiger partial charge in [-0.1, -0.05) is 110 Å². The highest BCUT2D eigenvalue weighted by molar-refractivity contribution is 8.00. The van der Waals surface area contributed by atoms with Gasteiger partial charge >= 0.3 is 5.97 Å². The number of hydrogen-bond donors (Lipinski definition) is 1. The van der Waals surface area contributed by atoms with Crippen LogP contribution in [0.3, 0.4) is 0 Å². The van der Waals surface area contributed by atoms with Gasteiger partial charge in [-0.25, -0.2) is 0 Å². The van der Waals surface area contributed by atoms with Crippen LogP contribution < -0.4 is 0 Å². The van der Waals surface area contributed by atoms with Crippen LogP contribution in [0.2, 0.25) is 0 Å². The first-order chi connectivity index (χ1) is 17.9. The molecule has 1 aliphatic carbocycles. The van der Waals surface area contributed by atoms with Gasteiger partial charge in [-0.2, -0.15) is 11.8 Å². The van der Waals surface area contributed by atoms with E-state index in [4.69, 9.17) is 4.74 Å². The summed E-state index contributed by atoms with van der Waals surface area (Å²) in [4.78, 5) is 24.4. The molecule has 0 radical (unpaired) electrons. The molecule has 1 aliphatic rings. The van der Waals surface area contributed by atoms with E-state index in [0.717, 1.165) is 70.0 Å². The van der Waals surface area contributed by atoms with Gasteiger partial charge in [0.15, 0.2) is 0 Å². The molecule has 4 nitrogen and oxygen atoms in total. The number of ether oxygens (including phenoxy) is 1. The first-order valence-corrected chi connectivity index (χ1v) is 17.0. The standard InChI is InChI=1S/C32H60O4S/c1-4-6-8-10-11-12-16-20-26-36-31(34)22-18-14-13-17-21-28-29(33)23-24-30(28)37-27-32(3,35)25-19-15-9-7-5-2/h28,30,35H,4-27H2,1-3H3. The van der Waals surface area contributed by atoms with Gasteiger partial charge < -0.3 is 9.84 Å². The summed E-state index contributed by atoms with van der Waals surface area (Å²) in [5, 5.41) is 11.2. The third kappa shape index (κ3) is 18.4. The number of hydrogen-bond acceptors (Lipinski definition) is 5. The van der Waals surface area contributed by atoms with Crippen molar-refractivity contribution in [2.45, 2.75) is 173 Å². The maximum atomic E-state index is 12.5. The van der Waals surface area contributed by atoms with Crippen molar-refractivity contribution in [2.24, 2.45) is 5.92 Å². The smallest absolute Gasteiger partial charge is 0.305 e. The molecule has 218 valence electrons. The number of ketones is 1. The first-order valence-electron chi connectivity index (χ1n) is 15.9. The van der Waals surface area contributed by atoms with Crippen molar-refractivity contribution in [1.29, 1.82) is 0 Å². The number of thioether (sulfide) groups is 1.